The number of carbonyl (C=O) groups excluding carboxylic acids is 2. The number of anilines is 2. The summed E-state index contributed by atoms with van der Waals surface area (Å²) in [5.74, 6) is 0.425. The molecule has 0 aliphatic carbocycles. The van der Waals surface area contributed by atoms with Crippen molar-refractivity contribution < 1.29 is 9.59 Å². The molecule has 8 heteroatoms. The summed E-state index contributed by atoms with van der Waals surface area (Å²) in [6.45, 7) is 2.93. The van der Waals surface area contributed by atoms with Gasteiger partial charge in [0.1, 0.15) is 0 Å². The van der Waals surface area contributed by atoms with E-state index < -0.39 is 0 Å². The van der Waals surface area contributed by atoms with Crippen molar-refractivity contribution in [3.63, 3.8) is 0 Å². The first-order valence-corrected chi connectivity index (χ1v) is 9.57. The second-order valence-electron chi connectivity index (χ2n) is 5.64. The quantitative estimate of drug-likeness (QED) is 0.889. The highest BCUT2D eigenvalue weighted by Gasteiger charge is 2.24. The van der Waals surface area contributed by atoms with Crippen molar-refractivity contribution in [2.75, 3.05) is 42.1 Å². The predicted molar refractivity (Wildman–Crippen MR) is 96.0 cm³/mol. The maximum atomic E-state index is 12.7. The van der Waals surface area contributed by atoms with Crippen LogP contribution in [0.4, 0.5) is 10.8 Å². The van der Waals surface area contributed by atoms with Gasteiger partial charge in [-0.15, -0.1) is 23.1 Å². The van der Waals surface area contributed by atoms with E-state index >= 15 is 0 Å². The average Bonchev–Trinajstić information content (AvgIpc) is 3.15. The maximum absolute atomic E-state index is 12.7. The Morgan fingerprint density at radius 2 is 2.04 bits per heavy atom. The number of amides is 2. The monoisotopic (exact) mass is 360 g/mol. The molecule has 0 spiro atoms. The molecule has 0 atom stereocenters. The summed E-state index contributed by atoms with van der Waals surface area (Å²) in [5.41, 5.74) is 1.36. The Bertz CT molecular complexity index is 770. The van der Waals surface area contributed by atoms with Gasteiger partial charge in [-0.3, -0.25) is 9.59 Å². The van der Waals surface area contributed by atoms with Crippen molar-refractivity contribution in [2.45, 2.75) is 4.90 Å². The van der Waals surface area contributed by atoms with Crippen LogP contribution in [0.3, 0.4) is 0 Å². The third-order valence-corrected chi connectivity index (χ3v) is 6.02. The van der Waals surface area contributed by atoms with Gasteiger partial charge in [0.25, 0.3) is 5.91 Å². The van der Waals surface area contributed by atoms with Crippen LogP contribution in [0.5, 0.6) is 0 Å². The van der Waals surface area contributed by atoms with Crippen LogP contribution in [-0.2, 0) is 4.79 Å². The minimum Gasteiger partial charge on any atom is -0.345 e. The Labute approximate surface area is 147 Å². The Morgan fingerprint density at radius 3 is 2.79 bits per heavy atom. The zero-order valence-electron chi connectivity index (χ0n) is 12.9. The van der Waals surface area contributed by atoms with Gasteiger partial charge in [0.2, 0.25) is 5.91 Å². The average molecular weight is 360 g/mol. The molecule has 1 saturated heterocycles. The van der Waals surface area contributed by atoms with E-state index in [4.69, 9.17) is 0 Å². The van der Waals surface area contributed by atoms with Crippen molar-refractivity contribution >= 4 is 45.7 Å². The second kappa shape index (κ2) is 6.45. The maximum Gasteiger partial charge on any atom is 0.254 e. The van der Waals surface area contributed by atoms with Gasteiger partial charge in [-0.25, -0.2) is 4.98 Å². The minimum absolute atomic E-state index is 0.0152. The number of aromatic nitrogens is 1. The van der Waals surface area contributed by atoms with E-state index in [0.717, 1.165) is 28.8 Å². The molecular weight excluding hydrogens is 344 g/mol. The number of rotatable bonds is 2. The summed E-state index contributed by atoms with van der Waals surface area (Å²) in [6.07, 6.45) is 1.80. The Balaban J connectivity index is 1.45. The molecular formula is C16H16N4O2S2. The number of piperazine rings is 1. The third-order valence-electron chi connectivity index (χ3n) is 4.12. The molecule has 0 bridgehead atoms. The smallest absolute Gasteiger partial charge is 0.254 e. The topological polar surface area (TPSA) is 65.5 Å². The molecule has 124 valence electrons. The highest BCUT2D eigenvalue weighted by Crippen LogP contribution is 2.32. The summed E-state index contributed by atoms with van der Waals surface area (Å²) in [6, 6.07) is 5.55. The lowest BCUT2D eigenvalue weighted by Crippen LogP contribution is -2.48. The number of nitrogens with one attached hydrogen (secondary N) is 1. The van der Waals surface area contributed by atoms with Gasteiger partial charge in [0.15, 0.2) is 5.13 Å². The molecule has 6 nitrogen and oxygen atoms in total. The lowest BCUT2D eigenvalue weighted by atomic mass is 10.1. The van der Waals surface area contributed by atoms with Gasteiger partial charge in [-0.05, 0) is 18.2 Å². The van der Waals surface area contributed by atoms with Crippen LogP contribution >= 0.6 is 23.1 Å². The van der Waals surface area contributed by atoms with E-state index in [-0.39, 0.29) is 11.8 Å². The molecule has 2 aliphatic heterocycles. The van der Waals surface area contributed by atoms with E-state index in [1.165, 1.54) is 11.8 Å². The normalized spacial score (nSPS) is 17.4. The van der Waals surface area contributed by atoms with Crippen LogP contribution < -0.4 is 10.2 Å². The number of fused-ring (bicyclic) bond motifs is 1. The molecule has 1 fully saturated rings. The Hall–Kier alpha value is -2.06. The molecule has 4 rings (SSSR count). The lowest BCUT2D eigenvalue weighted by molar-refractivity contribution is -0.113. The molecule has 2 amide bonds. The lowest BCUT2D eigenvalue weighted by Gasteiger charge is -2.34. The van der Waals surface area contributed by atoms with Crippen LogP contribution in [0.25, 0.3) is 0 Å². The molecule has 24 heavy (non-hydrogen) atoms. The number of hydrogen-bond acceptors (Lipinski definition) is 6. The molecule has 1 aromatic heterocycles. The predicted octanol–water partition coefficient (Wildman–Crippen LogP) is 2.15. The SMILES string of the molecule is O=C1CSc2ccc(C(=O)N3CCN(c4nccs4)CC3)cc2N1. The summed E-state index contributed by atoms with van der Waals surface area (Å²) in [5, 5.41) is 5.81. The molecule has 1 aromatic carbocycles. The van der Waals surface area contributed by atoms with Crippen LogP contribution in [-0.4, -0.2) is 53.6 Å². The van der Waals surface area contributed by atoms with Crippen LogP contribution in [0.15, 0.2) is 34.7 Å². The largest absolute Gasteiger partial charge is 0.345 e. The highest BCUT2D eigenvalue weighted by molar-refractivity contribution is 8.00. The summed E-state index contributed by atoms with van der Waals surface area (Å²) in [7, 11) is 0. The molecule has 3 heterocycles. The fourth-order valence-corrected chi connectivity index (χ4v) is 4.36. The number of thioether (sulfide) groups is 1. The van der Waals surface area contributed by atoms with Crippen molar-refractivity contribution in [1.29, 1.82) is 0 Å². The third kappa shape index (κ3) is 2.99. The van der Waals surface area contributed by atoms with Crippen molar-refractivity contribution in [3.05, 3.63) is 35.3 Å². The molecule has 2 aromatic rings. The number of nitrogens with zero attached hydrogens (tertiary/aromatic N) is 3. The summed E-state index contributed by atoms with van der Waals surface area (Å²) < 4.78 is 0. The molecule has 1 N–H and O–H groups in total. The summed E-state index contributed by atoms with van der Waals surface area (Å²) >= 11 is 3.12. The summed E-state index contributed by atoms with van der Waals surface area (Å²) in [4.78, 5) is 33.7. The van der Waals surface area contributed by atoms with Gasteiger partial charge in [-0.2, -0.15) is 0 Å². The van der Waals surface area contributed by atoms with E-state index in [0.29, 0.717) is 24.4 Å². The van der Waals surface area contributed by atoms with Gasteiger partial charge in [0, 0.05) is 48.2 Å². The van der Waals surface area contributed by atoms with Crippen LogP contribution in [0, 0.1) is 0 Å². The van der Waals surface area contributed by atoms with Crippen molar-refractivity contribution in [2.24, 2.45) is 0 Å². The first kappa shape index (κ1) is 15.5. The first-order chi connectivity index (χ1) is 11.7. The standard InChI is InChI=1S/C16H16N4O2S2/c21-14-10-24-13-2-1-11(9-12(13)18-14)15(22)19-4-6-20(7-5-19)16-17-3-8-23-16/h1-3,8-9H,4-7,10H2,(H,18,21). The number of thiazole rings is 1. The first-order valence-electron chi connectivity index (χ1n) is 7.71. The number of carbonyl (C=O) groups is 2. The zero-order valence-corrected chi connectivity index (χ0v) is 14.5. The van der Waals surface area contributed by atoms with E-state index in [1.54, 1.807) is 23.6 Å². The second-order valence-corrected chi connectivity index (χ2v) is 7.53. The van der Waals surface area contributed by atoms with Crippen LogP contribution in [0.1, 0.15) is 10.4 Å². The molecule has 0 radical (unpaired) electrons. The Kier molecular flexibility index (Phi) is 4.15. The van der Waals surface area contributed by atoms with E-state index in [1.807, 2.05) is 22.4 Å². The van der Waals surface area contributed by atoms with Crippen molar-refractivity contribution in [1.82, 2.24) is 9.88 Å². The van der Waals surface area contributed by atoms with E-state index in [9.17, 15) is 9.59 Å². The zero-order chi connectivity index (χ0) is 16.5. The van der Waals surface area contributed by atoms with Gasteiger partial charge >= 0.3 is 0 Å². The van der Waals surface area contributed by atoms with Crippen molar-refractivity contribution in [3.8, 4) is 0 Å². The number of benzene rings is 1. The Morgan fingerprint density at radius 1 is 1.21 bits per heavy atom. The van der Waals surface area contributed by atoms with E-state index in [2.05, 4.69) is 15.2 Å². The fraction of sp³-hybridized carbons (Fsp3) is 0.312. The molecule has 0 saturated carbocycles. The fourth-order valence-electron chi connectivity index (χ4n) is 2.87. The van der Waals surface area contributed by atoms with Gasteiger partial charge < -0.3 is 15.1 Å². The van der Waals surface area contributed by atoms with Gasteiger partial charge in [0.05, 0.1) is 11.4 Å². The van der Waals surface area contributed by atoms with Crippen LogP contribution in [0.2, 0.25) is 0 Å². The molecule has 2 aliphatic rings. The highest BCUT2D eigenvalue weighted by atomic mass is 32.2. The number of hydrogen-bond donors (Lipinski definition) is 1. The minimum atomic E-state index is -0.0193. The molecule has 0 unspecified atom stereocenters. The van der Waals surface area contributed by atoms with Gasteiger partial charge in [-0.1, -0.05) is 0 Å².